The van der Waals surface area contributed by atoms with Crippen molar-refractivity contribution in [3.8, 4) is 0 Å². The summed E-state index contributed by atoms with van der Waals surface area (Å²) in [6, 6.07) is 6.91. The van der Waals surface area contributed by atoms with E-state index in [0.29, 0.717) is 11.6 Å². The molecule has 0 bridgehead atoms. The Hall–Kier alpha value is -2.01. The van der Waals surface area contributed by atoms with Gasteiger partial charge in [-0.1, -0.05) is 37.6 Å². The van der Waals surface area contributed by atoms with Crippen LogP contribution in [0.15, 0.2) is 36.7 Å². The Balaban J connectivity index is 2.21. The fraction of sp³-hybridized carbons (Fsp3) is 0.375. The molecule has 0 aliphatic carbocycles. The molecule has 0 saturated heterocycles. The molecule has 2 aromatic rings. The van der Waals surface area contributed by atoms with E-state index in [9.17, 15) is 4.79 Å². The van der Waals surface area contributed by atoms with Gasteiger partial charge in [0.15, 0.2) is 0 Å². The van der Waals surface area contributed by atoms with E-state index in [1.807, 2.05) is 43.8 Å². The molecule has 6 heteroatoms. The first-order chi connectivity index (χ1) is 10.5. The smallest absolute Gasteiger partial charge is 0.408 e. The molecule has 5 nitrogen and oxygen atoms in total. The molecule has 1 amide bonds. The summed E-state index contributed by atoms with van der Waals surface area (Å²) in [5.74, 6) is 1.01. The quantitative estimate of drug-likeness (QED) is 0.916. The molecule has 2 rings (SSSR count). The molecule has 1 heterocycles. The van der Waals surface area contributed by atoms with Crippen molar-refractivity contribution < 1.29 is 9.53 Å². The lowest BCUT2D eigenvalue weighted by Gasteiger charge is -2.19. The molecule has 0 saturated carbocycles. The standard InChI is InChI=1S/C16H20ClN3O2/c1-11(2)10-22-16(21)19-14(15-18-8-9-20(15)3)12-4-6-13(17)7-5-12/h4-9,11,14H,10H2,1-3H3,(H,19,21). The Kier molecular flexibility index (Phi) is 5.44. The van der Waals surface area contributed by atoms with Crippen LogP contribution >= 0.6 is 11.6 Å². The van der Waals surface area contributed by atoms with E-state index in [2.05, 4.69) is 10.3 Å². The van der Waals surface area contributed by atoms with Crippen molar-refractivity contribution in [2.45, 2.75) is 19.9 Å². The van der Waals surface area contributed by atoms with Crippen LogP contribution in [0.2, 0.25) is 5.02 Å². The Morgan fingerprint density at radius 3 is 2.59 bits per heavy atom. The summed E-state index contributed by atoms with van der Waals surface area (Å²) in [6.45, 7) is 4.35. The lowest BCUT2D eigenvalue weighted by molar-refractivity contribution is 0.130. The normalized spacial score (nSPS) is 12.2. The lowest BCUT2D eigenvalue weighted by atomic mass is 10.1. The van der Waals surface area contributed by atoms with Gasteiger partial charge in [-0.3, -0.25) is 0 Å². The number of halogens is 1. The van der Waals surface area contributed by atoms with Crippen molar-refractivity contribution in [1.29, 1.82) is 0 Å². The maximum Gasteiger partial charge on any atom is 0.408 e. The summed E-state index contributed by atoms with van der Waals surface area (Å²) >= 11 is 5.93. The molecule has 118 valence electrons. The SMILES string of the molecule is CC(C)COC(=O)NC(c1ccc(Cl)cc1)c1nccn1C. The number of aromatic nitrogens is 2. The molecular weight excluding hydrogens is 302 g/mol. The van der Waals surface area contributed by atoms with Crippen LogP contribution in [0, 0.1) is 5.92 Å². The topological polar surface area (TPSA) is 56.1 Å². The van der Waals surface area contributed by atoms with Crippen LogP contribution in [0.3, 0.4) is 0 Å². The van der Waals surface area contributed by atoms with Gasteiger partial charge < -0.3 is 14.6 Å². The summed E-state index contributed by atoms with van der Waals surface area (Å²) in [5, 5.41) is 3.51. The van der Waals surface area contributed by atoms with Gasteiger partial charge >= 0.3 is 6.09 Å². The van der Waals surface area contributed by atoms with Crippen molar-refractivity contribution in [3.05, 3.63) is 53.1 Å². The highest BCUT2D eigenvalue weighted by atomic mass is 35.5. The third-order valence-electron chi connectivity index (χ3n) is 3.13. The molecule has 0 radical (unpaired) electrons. The summed E-state index contributed by atoms with van der Waals surface area (Å²) in [4.78, 5) is 16.3. The number of amides is 1. The minimum absolute atomic E-state index is 0.285. The number of hydrogen-bond acceptors (Lipinski definition) is 3. The predicted octanol–water partition coefficient (Wildman–Crippen LogP) is 3.55. The van der Waals surface area contributed by atoms with Crippen LogP contribution in [0.4, 0.5) is 4.79 Å². The Morgan fingerprint density at radius 2 is 2.05 bits per heavy atom. The number of imidazole rings is 1. The predicted molar refractivity (Wildman–Crippen MR) is 85.8 cm³/mol. The Bertz CT molecular complexity index is 623. The second-order valence-electron chi connectivity index (χ2n) is 5.52. The highest BCUT2D eigenvalue weighted by Crippen LogP contribution is 2.22. The minimum atomic E-state index is -0.461. The van der Waals surface area contributed by atoms with Crippen LogP contribution in [0.25, 0.3) is 0 Å². The van der Waals surface area contributed by atoms with Crippen LogP contribution in [0.1, 0.15) is 31.3 Å². The number of carbonyl (C=O) groups is 1. The highest BCUT2D eigenvalue weighted by molar-refractivity contribution is 6.30. The lowest BCUT2D eigenvalue weighted by Crippen LogP contribution is -2.32. The number of benzene rings is 1. The fourth-order valence-electron chi connectivity index (χ4n) is 2.01. The number of nitrogens with zero attached hydrogens (tertiary/aromatic N) is 2. The van der Waals surface area contributed by atoms with E-state index in [-0.39, 0.29) is 5.92 Å². The molecule has 0 fully saturated rings. The molecule has 1 aromatic heterocycles. The van der Waals surface area contributed by atoms with Gasteiger partial charge in [-0.05, 0) is 23.6 Å². The van der Waals surface area contributed by atoms with Crippen LogP contribution in [0.5, 0.6) is 0 Å². The average Bonchev–Trinajstić information content (AvgIpc) is 2.90. The second-order valence-corrected chi connectivity index (χ2v) is 5.95. The van der Waals surface area contributed by atoms with Gasteiger partial charge in [-0.15, -0.1) is 0 Å². The number of carbonyl (C=O) groups excluding carboxylic acids is 1. The molecule has 1 aromatic carbocycles. The van der Waals surface area contributed by atoms with Crippen molar-refractivity contribution >= 4 is 17.7 Å². The van der Waals surface area contributed by atoms with Crippen LogP contribution in [-0.4, -0.2) is 22.3 Å². The van der Waals surface area contributed by atoms with Gasteiger partial charge in [-0.2, -0.15) is 0 Å². The van der Waals surface area contributed by atoms with E-state index in [0.717, 1.165) is 11.4 Å². The molecule has 0 aliphatic rings. The number of hydrogen-bond donors (Lipinski definition) is 1. The molecular formula is C16H20ClN3O2. The average molecular weight is 322 g/mol. The molecule has 22 heavy (non-hydrogen) atoms. The summed E-state index contributed by atoms with van der Waals surface area (Å²) in [5.41, 5.74) is 0.889. The van der Waals surface area contributed by atoms with Gasteiger partial charge in [-0.25, -0.2) is 9.78 Å². The second kappa shape index (κ2) is 7.31. The maximum atomic E-state index is 12.0. The first-order valence-corrected chi connectivity index (χ1v) is 7.51. The zero-order chi connectivity index (χ0) is 16.1. The first kappa shape index (κ1) is 16.4. The van der Waals surface area contributed by atoms with Crippen molar-refractivity contribution in [2.75, 3.05) is 6.61 Å². The van der Waals surface area contributed by atoms with Gasteiger partial charge in [0.1, 0.15) is 11.9 Å². The minimum Gasteiger partial charge on any atom is -0.449 e. The van der Waals surface area contributed by atoms with E-state index >= 15 is 0 Å². The number of ether oxygens (including phenoxy) is 1. The number of nitrogens with one attached hydrogen (secondary N) is 1. The van der Waals surface area contributed by atoms with E-state index in [1.165, 1.54) is 0 Å². The van der Waals surface area contributed by atoms with Gasteiger partial charge in [0, 0.05) is 24.5 Å². The Labute approximate surface area is 135 Å². The van der Waals surface area contributed by atoms with Gasteiger partial charge in [0.2, 0.25) is 0 Å². The molecule has 0 spiro atoms. The van der Waals surface area contributed by atoms with Crippen molar-refractivity contribution in [3.63, 3.8) is 0 Å². The van der Waals surface area contributed by atoms with Crippen molar-refractivity contribution in [1.82, 2.24) is 14.9 Å². The van der Waals surface area contributed by atoms with Gasteiger partial charge in [0.05, 0.1) is 6.61 Å². The van der Waals surface area contributed by atoms with E-state index in [4.69, 9.17) is 16.3 Å². The summed E-state index contributed by atoms with van der Waals surface area (Å²) in [7, 11) is 1.88. The van der Waals surface area contributed by atoms with Gasteiger partial charge in [0.25, 0.3) is 0 Å². The molecule has 0 aliphatic heterocycles. The summed E-state index contributed by atoms with van der Waals surface area (Å²) < 4.78 is 7.07. The molecule has 1 N–H and O–H groups in total. The zero-order valence-electron chi connectivity index (χ0n) is 12.9. The van der Waals surface area contributed by atoms with Crippen LogP contribution in [-0.2, 0) is 11.8 Å². The summed E-state index contributed by atoms with van der Waals surface area (Å²) in [6.07, 6.45) is 3.07. The Morgan fingerprint density at radius 1 is 1.36 bits per heavy atom. The first-order valence-electron chi connectivity index (χ1n) is 7.13. The maximum absolute atomic E-state index is 12.0. The highest BCUT2D eigenvalue weighted by Gasteiger charge is 2.21. The number of rotatable bonds is 5. The third-order valence-corrected chi connectivity index (χ3v) is 3.38. The number of aryl methyl sites for hydroxylation is 1. The van der Waals surface area contributed by atoms with E-state index in [1.54, 1.807) is 18.3 Å². The van der Waals surface area contributed by atoms with Crippen LogP contribution < -0.4 is 5.32 Å². The number of alkyl carbamates (subject to hydrolysis) is 1. The fourth-order valence-corrected chi connectivity index (χ4v) is 2.14. The van der Waals surface area contributed by atoms with Crippen molar-refractivity contribution in [2.24, 2.45) is 13.0 Å². The van der Waals surface area contributed by atoms with E-state index < -0.39 is 12.1 Å². The zero-order valence-corrected chi connectivity index (χ0v) is 13.7. The largest absolute Gasteiger partial charge is 0.449 e. The molecule has 1 unspecified atom stereocenters. The molecule has 1 atom stereocenters. The monoisotopic (exact) mass is 321 g/mol. The third kappa shape index (κ3) is 4.24.